The highest BCUT2D eigenvalue weighted by Gasteiger charge is 2.53. The molecule has 2 heterocycles. The van der Waals surface area contributed by atoms with Gasteiger partial charge < -0.3 is 0 Å². The van der Waals surface area contributed by atoms with Crippen molar-refractivity contribution in [1.82, 2.24) is 4.90 Å². The lowest BCUT2D eigenvalue weighted by Gasteiger charge is -2.23. The monoisotopic (exact) mass is 369 g/mol. The number of amides is 3. The minimum atomic E-state index is -0.543. The lowest BCUT2D eigenvalue weighted by atomic mass is 10.1. The van der Waals surface area contributed by atoms with Crippen molar-refractivity contribution in [2.45, 2.75) is 18.3 Å². The number of carbonyl (C=O) groups is 2. The number of anilines is 1. The zero-order valence-electron chi connectivity index (χ0n) is 13.9. The molecular weight excluding hydrogens is 354 g/mol. The van der Waals surface area contributed by atoms with Gasteiger partial charge in [-0.3, -0.25) is 19.8 Å². The molecule has 2 atom stereocenters. The van der Waals surface area contributed by atoms with E-state index in [1.807, 2.05) is 19.1 Å². The second kappa shape index (κ2) is 6.14. The summed E-state index contributed by atoms with van der Waals surface area (Å²) in [5.74, 6) is 0.222. The van der Waals surface area contributed by atoms with E-state index in [2.05, 4.69) is 0 Å². The molecule has 4 rings (SSSR count). The number of nitro groups is 1. The fraction of sp³-hybridized carbons (Fsp3) is 0.222. The summed E-state index contributed by atoms with van der Waals surface area (Å²) < 4.78 is 0. The molecule has 0 unspecified atom stereocenters. The molecule has 8 heteroatoms. The molecule has 26 heavy (non-hydrogen) atoms. The smallest absolute Gasteiger partial charge is 0.295 e. The first-order chi connectivity index (χ1) is 12.5. The van der Waals surface area contributed by atoms with E-state index in [4.69, 9.17) is 0 Å². The maximum Gasteiger partial charge on any atom is 0.333 e. The number of urea groups is 1. The van der Waals surface area contributed by atoms with Crippen LogP contribution in [-0.4, -0.2) is 33.6 Å². The number of imide groups is 1. The van der Waals surface area contributed by atoms with Crippen molar-refractivity contribution >= 4 is 35.1 Å². The number of carbonyl (C=O) groups excluding carboxylic acids is 2. The van der Waals surface area contributed by atoms with Gasteiger partial charge in [-0.1, -0.05) is 29.8 Å². The fourth-order valence-electron chi connectivity index (χ4n) is 3.27. The minimum Gasteiger partial charge on any atom is -0.295 e. The summed E-state index contributed by atoms with van der Waals surface area (Å²) >= 11 is 1.45. The number of fused-ring (bicyclic) bond motifs is 1. The average molecular weight is 369 g/mol. The van der Waals surface area contributed by atoms with E-state index in [0.29, 0.717) is 17.0 Å². The highest BCUT2D eigenvalue weighted by Crippen LogP contribution is 2.46. The largest absolute Gasteiger partial charge is 0.333 e. The van der Waals surface area contributed by atoms with Gasteiger partial charge in [0.15, 0.2) is 0 Å². The van der Waals surface area contributed by atoms with Crippen molar-refractivity contribution in [1.29, 1.82) is 0 Å². The molecule has 2 aromatic carbocycles. The molecule has 7 nitrogen and oxygen atoms in total. The number of hydrogen-bond donors (Lipinski definition) is 0. The molecular formula is C18H15N3O4S. The van der Waals surface area contributed by atoms with Gasteiger partial charge in [-0.25, -0.2) is 9.69 Å². The van der Waals surface area contributed by atoms with Crippen molar-refractivity contribution in [2.75, 3.05) is 10.7 Å². The van der Waals surface area contributed by atoms with Gasteiger partial charge in [0, 0.05) is 17.9 Å². The molecule has 2 aliphatic heterocycles. The van der Waals surface area contributed by atoms with Crippen molar-refractivity contribution in [2.24, 2.45) is 0 Å². The summed E-state index contributed by atoms with van der Waals surface area (Å²) in [6.45, 7) is 1.94. The molecule has 0 spiro atoms. The molecule has 3 amide bonds. The fourth-order valence-corrected chi connectivity index (χ4v) is 4.67. The molecule has 2 aromatic rings. The summed E-state index contributed by atoms with van der Waals surface area (Å²) in [5.41, 5.74) is 2.21. The van der Waals surface area contributed by atoms with Crippen molar-refractivity contribution in [3.63, 3.8) is 0 Å². The van der Waals surface area contributed by atoms with E-state index >= 15 is 0 Å². The van der Waals surface area contributed by atoms with Gasteiger partial charge in [0.2, 0.25) is 0 Å². The van der Waals surface area contributed by atoms with Crippen LogP contribution in [0.3, 0.4) is 0 Å². The Morgan fingerprint density at radius 3 is 2.58 bits per heavy atom. The molecule has 0 saturated carbocycles. The van der Waals surface area contributed by atoms with Gasteiger partial charge in [0.05, 0.1) is 10.6 Å². The second-order valence-electron chi connectivity index (χ2n) is 6.25. The Bertz CT molecular complexity index is 915. The summed E-state index contributed by atoms with van der Waals surface area (Å²) in [4.78, 5) is 39.1. The van der Waals surface area contributed by atoms with Crippen LogP contribution in [0.4, 0.5) is 16.2 Å². The van der Waals surface area contributed by atoms with Crippen LogP contribution < -0.4 is 4.90 Å². The van der Waals surface area contributed by atoms with E-state index < -0.39 is 16.3 Å². The number of nitrogens with zero attached hydrogens (tertiary/aromatic N) is 3. The Balaban J connectivity index is 1.68. The van der Waals surface area contributed by atoms with E-state index in [9.17, 15) is 19.7 Å². The van der Waals surface area contributed by atoms with E-state index in [0.717, 1.165) is 5.56 Å². The van der Waals surface area contributed by atoms with Gasteiger partial charge in [-0.2, -0.15) is 0 Å². The summed E-state index contributed by atoms with van der Waals surface area (Å²) in [6, 6.07) is 12.5. The standard InChI is InChI=1S/C18H15N3O4S/c1-11-5-7-13(8-6-11)19-16(22)15-10-26-17(20(15)18(19)23)12-3-2-4-14(9-12)21(24)25/h2-9,15,17H,10H2,1H3/t15-,17+/m0/s1. The van der Waals surface area contributed by atoms with Crippen LogP contribution in [0.15, 0.2) is 48.5 Å². The van der Waals surface area contributed by atoms with Crippen molar-refractivity contribution in [3.8, 4) is 0 Å². The molecule has 0 aromatic heterocycles. The third-order valence-electron chi connectivity index (χ3n) is 4.58. The van der Waals surface area contributed by atoms with Gasteiger partial charge in [0.25, 0.3) is 11.6 Å². The van der Waals surface area contributed by atoms with Gasteiger partial charge >= 0.3 is 6.03 Å². The molecule has 132 valence electrons. The Hall–Kier alpha value is -2.87. The number of rotatable bonds is 3. The van der Waals surface area contributed by atoms with Gasteiger partial charge in [-0.15, -0.1) is 11.8 Å². The van der Waals surface area contributed by atoms with Gasteiger partial charge in [-0.05, 0) is 24.6 Å². The Morgan fingerprint density at radius 2 is 1.88 bits per heavy atom. The van der Waals surface area contributed by atoms with Crippen LogP contribution >= 0.6 is 11.8 Å². The number of benzene rings is 2. The van der Waals surface area contributed by atoms with Crippen molar-refractivity contribution < 1.29 is 14.5 Å². The molecule has 0 bridgehead atoms. The summed E-state index contributed by atoms with van der Waals surface area (Å²) in [7, 11) is 0. The van der Waals surface area contributed by atoms with Crippen LogP contribution in [0.5, 0.6) is 0 Å². The van der Waals surface area contributed by atoms with Crippen LogP contribution in [0, 0.1) is 17.0 Å². The Labute approximate surface area is 153 Å². The SMILES string of the molecule is Cc1ccc(N2C(=O)[C@@H]3CS[C@H](c4cccc([N+](=O)[O-])c4)N3C2=O)cc1. The first-order valence-electron chi connectivity index (χ1n) is 8.06. The topological polar surface area (TPSA) is 83.8 Å². The van der Waals surface area contributed by atoms with Crippen LogP contribution in [0.2, 0.25) is 0 Å². The first-order valence-corrected chi connectivity index (χ1v) is 9.11. The number of aryl methyl sites for hydroxylation is 1. The highest BCUT2D eigenvalue weighted by atomic mass is 32.2. The molecule has 2 aliphatic rings. The summed E-state index contributed by atoms with van der Waals surface area (Å²) in [6.07, 6.45) is 0. The predicted molar refractivity (Wildman–Crippen MR) is 98.0 cm³/mol. The molecule has 2 saturated heterocycles. The first kappa shape index (κ1) is 16.6. The van der Waals surface area contributed by atoms with Crippen LogP contribution in [0.25, 0.3) is 0 Å². The number of non-ortho nitro benzene ring substituents is 1. The minimum absolute atomic E-state index is 0.0279. The predicted octanol–water partition coefficient (Wildman–Crippen LogP) is 3.49. The summed E-state index contributed by atoms with van der Waals surface area (Å²) in [5, 5.41) is 10.6. The molecule has 0 N–H and O–H groups in total. The van der Waals surface area contributed by atoms with E-state index in [-0.39, 0.29) is 17.6 Å². The zero-order chi connectivity index (χ0) is 18.4. The number of thioether (sulfide) groups is 1. The molecule has 0 radical (unpaired) electrons. The number of nitro benzene ring substituents is 1. The third-order valence-corrected chi connectivity index (χ3v) is 5.90. The molecule has 2 fully saturated rings. The lowest BCUT2D eigenvalue weighted by molar-refractivity contribution is -0.384. The van der Waals surface area contributed by atoms with E-state index in [1.54, 1.807) is 24.3 Å². The maximum absolute atomic E-state index is 13.0. The zero-order valence-corrected chi connectivity index (χ0v) is 14.7. The van der Waals surface area contributed by atoms with Gasteiger partial charge in [0.1, 0.15) is 11.4 Å². The van der Waals surface area contributed by atoms with Crippen LogP contribution in [-0.2, 0) is 4.79 Å². The van der Waals surface area contributed by atoms with Crippen LogP contribution in [0.1, 0.15) is 16.5 Å². The number of hydrogen-bond acceptors (Lipinski definition) is 5. The highest BCUT2D eigenvalue weighted by molar-refractivity contribution is 7.99. The normalized spacial score (nSPS) is 22.0. The third kappa shape index (κ3) is 2.53. The maximum atomic E-state index is 13.0. The molecule has 0 aliphatic carbocycles. The quantitative estimate of drug-likeness (QED) is 0.470. The second-order valence-corrected chi connectivity index (χ2v) is 7.37. The van der Waals surface area contributed by atoms with Crippen molar-refractivity contribution in [3.05, 3.63) is 69.8 Å². The Kier molecular flexibility index (Phi) is 3.91. The average Bonchev–Trinajstić information content (AvgIpc) is 3.17. The van der Waals surface area contributed by atoms with E-state index in [1.165, 1.54) is 33.7 Å². The lowest BCUT2D eigenvalue weighted by Crippen LogP contribution is -2.33. The Morgan fingerprint density at radius 1 is 1.15 bits per heavy atom.